The number of carboxylic acids is 2. The summed E-state index contributed by atoms with van der Waals surface area (Å²) in [5.41, 5.74) is 0. The Labute approximate surface area is 98.3 Å². The maximum absolute atomic E-state index is 10.2. The van der Waals surface area contributed by atoms with E-state index in [2.05, 4.69) is 0 Å². The van der Waals surface area contributed by atoms with E-state index < -0.39 is 32.1 Å². The molecule has 0 atom stereocenters. The van der Waals surface area contributed by atoms with E-state index in [1.54, 1.807) is 0 Å². The molecule has 0 heterocycles. The highest BCUT2D eigenvalue weighted by Gasteiger charge is 2.11. The van der Waals surface area contributed by atoms with Crippen LogP contribution in [0.1, 0.15) is 0 Å². The Hall–Kier alpha value is -0.420. The molecule has 0 spiro atoms. The van der Waals surface area contributed by atoms with Gasteiger partial charge in [-0.05, 0) is 0 Å². The van der Waals surface area contributed by atoms with Crippen LogP contribution in [0.25, 0.3) is 0 Å². The number of carbonyl (C=O) groups is 2. The Balaban J connectivity index is 5.35. The van der Waals surface area contributed by atoms with Crippen LogP contribution in [0, 0.1) is 0 Å². The Morgan fingerprint density at radius 3 is 1.00 bits per heavy atom. The van der Waals surface area contributed by atoms with Gasteiger partial charge in [0.15, 0.2) is 0 Å². The van der Waals surface area contributed by atoms with E-state index in [1.807, 2.05) is 0 Å². The van der Waals surface area contributed by atoms with Gasteiger partial charge < -0.3 is 19.8 Å². The third kappa shape index (κ3) is 3.38. The minimum atomic E-state index is -1.81. The summed E-state index contributed by atoms with van der Waals surface area (Å²) >= 11 is 20.8. The van der Waals surface area contributed by atoms with Gasteiger partial charge in [-0.25, -0.2) is 0 Å². The Morgan fingerprint density at radius 1 is 0.643 bits per heavy atom. The number of hydrogen-bond acceptors (Lipinski definition) is 4. The second kappa shape index (κ2) is 5.46. The predicted octanol–water partition coefficient (Wildman–Crippen LogP) is -0.135. The summed E-state index contributed by atoms with van der Waals surface area (Å²) in [6.45, 7) is 0. The summed E-state index contributed by atoms with van der Waals surface area (Å²) in [4.78, 5) is 20.3. The molecule has 0 bridgehead atoms. The highest BCUT2D eigenvalue weighted by atomic mass is 35.5. The van der Waals surface area contributed by atoms with Gasteiger partial charge in [0.1, 0.15) is 0 Å². The number of carbonyl (C=O) groups excluding carboxylic acids is 2. The monoisotopic (exact) mass is 276 g/mol. The van der Waals surface area contributed by atoms with Crippen molar-refractivity contribution in [1.82, 2.24) is 0 Å². The molecule has 8 heteroatoms. The topological polar surface area (TPSA) is 80.3 Å². The maximum atomic E-state index is 10.2. The molecule has 0 N–H and O–H groups in total. The molecule has 0 saturated heterocycles. The number of hydrogen-bond donors (Lipinski definition) is 0. The van der Waals surface area contributed by atoms with E-state index in [-0.39, 0.29) is 0 Å². The Morgan fingerprint density at radius 2 is 0.857 bits per heavy atom. The zero-order valence-electron chi connectivity index (χ0n) is 6.14. The second-order valence-corrected chi connectivity index (χ2v) is 3.34. The first-order valence-corrected chi connectivity index (χ1v) is 4.33. The van der Waals surface area contributed by atoms with E-state index >= 15 is 0 Å². The zero-order chi connectivity index (χ0) is 11.5. The van der Waals surface area contributed by atoms with Gasteiger partial charge in [0, 0.05) is 0 Å². The van der Waals surface area contributed by atoms with Gasteiger partial charge in [-0.1, -0.05) is 46.4 Å². The lowest BCUT2D eigenvalue weighted by atomic mass is 10.4. The van der Waals surface area contributed by atoms with Gasteiger partial charge in [0.05, 0.1) is 32.1 Å². The largest absolute Gasteiger partial charge is 0.544 e. The lowest BCUT2D eigenvalue weighted by Gasteiger charge is -2.06. The van der Waals surface area contributed by atoms with Gasteiger partial charge >= 0.3 is 0 Å². The first kappa shape index (κ1) is 13.6. The van der Waals surface area contributed by atoms with Crippen molar-refractivity contribution in [1.29, 1.82) is 0 Å². The molecule has 0 aliphatic heterocycles. The molecule has 4 nitrogen and oxygen atoms in total. The molecule has 0 radical (unpaired) electrons. The molecule has 0 aromatic carbocycles. The molecule has 14 heavy (non-hydrogen) atoms. The number of rotatable bonds is 3. The van der Waals surface area contributed by atoms with E-state index in [4.69, 9.17) is 46.4 Å². The quantitative estimate of drug-likeness (QED) is 0.531. The molecule has 0 aliphatic rings. The van der Waals surface area contributed by atoms with Crippen molar-refractivity contribution in [3.63, 3.8) is 0 Å². The molecule has 0 saturated carbocycles. The van der Waals surface area contributed by atoms with Crippen molar-refractivity contribution in [3.8, 4) is 0 Å². The molecular weight excluding hydrogens is 278 g/mol. The molecule has 78 valence electrons. The number of aliphatic carboxylic acids is 2. The van der Waals surface area contributed by atoms with Crippen molar-refractivity contribution in [2.45, 2.75) is 0 Å². The summed E-state index contributed by atoms with van der Waals surface area (Å²) in [6.07, 6.45) is 0. The van der Waals surface area contributed by atoms with E-state index in [0.29, 0.717) is 0 Å². The normalized spacial score (nSPS) is 14.3. The van der Waals surface area contributed by atoms with Crippen LogP contribution in [0.3, 0.4) is 0 Å². The maximum Gasteiger partial charge on any atom is 0.0845 e. The number of halogens is 4. The van der Waals surface area contributed by atoms with E-state index in [1.165, 1.54) is 0 Å². The average Bonchev–Trinajstić information content (AvgIpc) is 2.12. The summed E-state index contributed by atoms with van der Waals surface area (Å²) in [6, 6.07) is 0. The summed E-state index contributed by atoms with van der Waals surface area (Å²) in [5, 5.41) is 17.0. The van der Waals surface area contributed by atoms with Crippen LogP contribution < -0.4 is 10.2 Å². The van der Waals surface area contributed by atoms with Crippen LogP contribution in [0.2, 0.25) is 0 Å². The van der Waals surface area contributed by atoms with Gasteiger partial charge in [0.25, 0.3) is 0 Å². The van der Waals surface area contributed by atoms with E-state index in [0.717, 1.165) is 0 Å². The molecule has 0 aromatic heterocycles. The van der Waals surface area contributed by atoms with Crippen molar-refractivity contribution in [3.05, 3.63) is 20.1 Å². The highest BCUT2D eigenvalue weighted by molar-refractivity contribution is 6.56. The summed E-state index contributed by atoms with van der Waals surface area (Å²) in [5.74, 6) is -3.62. The third-order valence-corrected chi connectivity index (χ3v) is 2.67. The lowest BCUT2D eigenvalue weighted by molar-refractivity contribution is -0.299. The third-order valence-electron chi connectivity index (χ3n) is 0.937. The molecule has 0 amide bonds. The minimum Gasteiger partial charge on any atom is -0.544 e. The van der Waals surface area contributed by atoms with Crippen molar-refractivity contribution < 1.29 is 19.8 Å². The Bertz CT molecular complexity index is 310. The van der Waals surface area contributed by atoms with Crippen LogP contribution in [0.5, 0.6) is 0 Å². The van der Waals surface area contributed by atoms with Gasteiger partial charge in [-0.15, -0.1) is 0 Å². The highest BCUT2D eigenvalue weighted by Crippen LogP contribution is 2.29. The standard InChI is InChI=1S/C6H2Cl4O4/c7-1(3(9)5(11)12)2(8)4(10)6(13)14/h(H,11,12)(H,13,14)/p-2/b3-1-,4-2-. The summed E-state index contributed by atoms with van der Waals surface area (Å²) < 4.78 is 0. The summed E-state index contributed by atoms with van der Waals surface area (Å²) in [7, 11) is 0. The van der Waals surface area contributed by atoms with Crippen molar-refractivity contribution in [2.24, 2.45) is 0 Å². The first-order chi connectivity index (χ1) is 6.29. The molecule has 0 aliphatic carbocycles. The predicted molar refractivity (Wildman–Crippen MR) is 47.5 cm³/mol. The van der Waals surface area contributed by atoms with Crippen molar-refractivity contribution >= 4 is 58.3 Å². The fourth-order valence-corrected chi connectivity index (χ4v) is 1.00. The molecule has 0 fully saturated rings. The fourth-order valence-electron chi connectivity index (χ4n) is 0.372. The number of allylic oxidation sites excluding steroid dienone is 2. The molecule has 0 rings (SSSR count). The number of carboxylic acid groups (broad SMARTS) is 2. The fraction of sp³-hybridized carbons (Fsp3) is 0. The van der Waals surface area contributed by atoms with Crippen molar-refractivity contribution in [2.75, 3.05) is 0 Å². The van der Waals surface area contributed by atoms with Crippen LogP contribution in [-0.2, 0) is 9.59 Å². The first-order valence-electron chi connectivity index (χ1n) is 2.82. The second-order valence-electron chi connectivity index (χ2n) is 1.83. The van der Waals surface area contributed by atoms with Gasteiger partial charge in [-0.3, -0.25) is 0 Å². The minimum absolute atomic E-state index is 0.734. The Kier molecular flexibility index (Phi) is 5.29. The molecular formula is C6Cl4O4-2. The average molecular weight is 278 g/mol. The van der Waals surface area contributed by atoms with Gasteiger partial charge in [0.2, 0.25) is 0 Å². The van der Waals surface area contributed by atoms with Crippen LogP contribution >= 0.6 is 46.4 Å². The van der Waals surface area contributed by atoms with Crippen LogP contribution in [-0.4, -0.2) is 11.9 Å². The van der Waals surface area contributed by atoms with Crippen LogP contribution in [0.4, 0.5) is 0 Å². The van der Waals surface area contributed by atoms with Crippen LogP contribution in [0.15, 0.2) is 20.1 Å². The zero-order valence-corrected chi connectivity index (χ0v) is 9.17. The van der Waals surface area contributed by atoms with Gasteiger partial charge in [-0.2, -0.15) is 0 Å². The molecule has 0 aromatic rings. The van der Waals surface area contributed by atoms with E-state index in [9.17, 15) is 19.8 Å². The lowest BCUT2D eigenvalue weighted by Crippen LogP contribution is -2.24. The smallest absolute Gasteiger partial charge is 0.0845 e. The molecule has 0 unspecified atom stereocenters. The SMILES string of the molecule is O=C([O-])/C(Cl)=C(Cl)\C(Cl)=C(\Cl)C(=O)[O-].